The fourth-order valence-corrected chi connectivity index (χ4v) is 4.24. The highest BCUT2D eigenvalue weighted by atomic mass is 35.5. The number of ether oxygens (including phenoxy) is 1. The van der Waals surface area contributed by atoms with E-state index in [0.717, 1.165) is 5.56 Å². The van der Waals surface area contributed by atoms with E-state index in [1.165, 1.54) is 0 Å². The molecule has 8 nitrogen and oxygen atoms in total. The van der Waals surface area contributed by atoms with E-state index in [2.05, 4.69) is 16.0 Å². The standard InChI is InChI=1S/C25H38ClN3O5/c1-16(2)11-20(22(32)29-25(5,14-30)13-17-9-10-27-21(17)31)28-23(33)34-15-24(3,4)18-7-6-8-19(26)12-18/h6-8,12,16-17,20,30H,9-11,13-15H2,1-5H3,(H,27,31)(H,28,33)(H,29,32). The molecular weight excluding hydrogens is 458 g/mol. The van der Waals surface area contributed by atoms with Crippen molar-refractivity contribution in [3.05, 3.63) is 34.9 Å². The van der Waals surface area contributed by atoms with Gasteiger partial charge in [0.05, 0.1) is 12.1 Å². The number of amides is 3. The molecule has 0 aromatic heterocycles. The maximum Gasteiger partial charge on any atom is 0.407 e. The predicted octanol–water partition coefficient (Wildman–Crippen LogP) is 3.15. The van der Waals surface area contributed by atoms with E-state index < -0.39 is 29.0 Å². The number of aliphatic hydroxyl groups excluding tert-OH is 1. The van der Waals surface area contributed by atoms with Crippen molar-refractivity contribution in [2.24, 2.45) is 11.8 Å². The summed E-state index contributed by atoms with van der Waals surface area (Å²) < 4.78 is 5.47. The van der Waals surface area contributed by atoms with E-state index in [4.69, 9.17) is 16.3 Å². The minimum absolute atomic E-state index is 0.0725. The lowest BCUT2D eigenvalue weighted by Crippen LogP contribution is -2.57. The summed E-state index contributed by atoms with van der Waals surface area (Å²) in [4.78, 5) is 37.7. The molecule has 0 spiro atoms. The molecule has 1 heterocycles. The van der Waals surface area contributed by atoms with E-state index in [9.17, 15) is 19.5 Å². The zero-order valence-corrected chi connectivity index (χ0v) is 21.5. The molecule has 190 valence electrons. The van der Waals surface area contributed by atoms with E-state index in [1.54, 1.807) is 13.0 Å². The van der Waals surface area contributed by atoms with Gasteiger partial charge in [-0.15, -0.1) is 0 Å². The van der Waals surface area contributed by atoms with Gasteiger partial charge in [0.2, 0.25) is 11.8 Å². The van der Waals surface area contributed by atoms with Crippen LogP contribution in [0.5, 0.6) is 0 Å². The summed E-state index contributed by atoms with van der Waals surface area (Å²) in [6, 6.07) is 6.53. The van der Waals surface area contributed by atoms with Crippen LogP contribution < -0.4 is 16.0 Å². The van der Waals surface area contributed by atoms with E-state index in [0.29, 0.717) is 30.8 Å². The molecule has 3 amide bonds. The number of rotatable bonds is 11. The average Bonchev–Trinajstić information content (AvgIpc) is 3.15. The molecule has 1 aliphatic heterocycles. The topological polar surface area (TPSA) is 117 Å². The van der Waals surface area contributed by atoms with Gasteiger partial charge < -0.3 is 25.8 Å². The Hall–Kier alpha value is -2.32. The number of benzene rings is 1. The minimum Gasteiger partial charge on any atom is -0.449 e. The molecular formula is C25H38ClN3O5. The molecule has 0 aliphatic carbocycles. The fourth-order valence-electron chi connectivity index (χ4n) is 4.05. The van der Waals surface area contributed by atoms with Crippen LogP contribution in [-0.2, 0) is 19.7 Å². The molecule has 34 heavy (non-hydrogen) atoms. The number of hydrogen-bond donors (Lipinski definition) is 4. The van der Waals surface area contributed by atoms with Gasteiger partial charge in [0.15, 0.2) is 0 Å². The number of carbonyl (C=O) groups excluding carboxylic acids is 3. The third-order valence-corrected chi connectivity index (χ3v) is 6.35. The minimum atomic E-state index is -0.987. The number of alkyl carbamates (subject to hydrolysis) is 1. The second kappa shape index (κ2) is 11.9. The summed E-state index contributed by atoms with van der Waals surface area (Å²) in [6.45, 7) is 9.84. The van der Waals surface area contributed by atoms with Crippen LogP contribution in [0.2, 0.25) is 5.02 Å². The van der Waals surface area contributed by atoms with Crippen molar-refractivity contribution in [3.63, 3.8) is 0 Å². The van der Waals surface area contributed by atoms with Crippen LogP contribution in [0.25, 0.3) is 0 Å². The third-order valence-electron chi connectivity index (χ3n) is 6.12. The summed E-state index contributed by atoms with van der Waals surface area (Å²) in [6.07, 6.45) is 0.668. The second-order valence-corrected chi connectivity index (χ2v) is 10.9. The van der Waals surface area contributed by atoms with Gasteiger partial charge in [0, 0.05) is 22.9 Å². The van der Waals surface area contributed by atoms with Crippen molar-refractivity contribution in [1.82, 2.24) is 16.0 Å². The van der Waals surface area contributed by atoms with E-state index in [-0.39, 0.29) is 31.0 Å². The van der Waals surface area contributed by atoms with Gasteiger partial charge in [-0.3, -0.25) is 9.59 Å². The Morgan fingerprint density at radius 2 is 2.00 bits per heavy atom. The molecule has 0 radical (unpaired) electrons. The van der Waals surface area contributed by atoms with Gasteiger partial charge in [0.25, 0.3) is 0 Å². The third kappa shape index (κ3) is 8.17. The first-order valence-corrected chi connectivity index (χ1v) is 12.1. The van der Waals surface area contributed by atoms with Crippen molar-refractivity contribution in [1.29, 1.82) is 0 Å². The monoisotopic (exact) mass is 495 g/mol. The molecule has 0 saturated carbocycles. The molecule has 9 heteroatoms. The zero-order valence-electron chi connectivity index (χ0n) is 20.7. The number of halogens is 1. The summed E-state index contributed by atoms with van der Waals surface area (Å²) in [5.74, 6) is -0.640. The lowest BCUT2D eigenvalue weighted by atomic mass is 9.86. The maximum absolute atomic E-state index is 13.1. The molecule has 3 unspecified atom stereocenters. The number of hydrogen-bond acceptors (Lipinski definition) is 5. The number of nitrogens with one attached hydrogen (secondary N) is 3. The Morgan fingerprint density at radius 3 is 2.56 bits per heavy atom. The molecule has 1 saturated heterocycles. The van der Waals surface area contributed by atoms with Crippen LogP contribution in [0.15, 0.2) is 24.3 Å². The SMILES string of the molecule is CC(C)CC(NC(=O)OCC(C)(C)c1cccc(Cl)c1)C(=O)NC(C)(CO)CC1CCNC1=O. The molecule has 0 bridgehead atoms. The Bertz CT molecular complexity index is 876. The summed E-state index contributed by atoms with van der Waals surface area (Å²) in [7, 11) is 0. The quantitative estimate of drug-likeness (QED) is 0.376. The van der Waals surface area contributed by atoms with Crippen molar-refractivity contribution in [2.45, 2.75) is 70.9 Å². The van der Waals surface area contributed by atoms with Gasteiger partial charge in [-0.2, -0.15) is 0 Å². The Labute approximate surface area is 207 Å². The summed E-state index contributed by atoms with van der Waals surface area (Å²) in [5, 5.41) is 18.9. The van der Waals surface area contributed by atoms with Crippen molar-refractivity contribution < 1.29 is 24.2 Å². The van der Waals surface area contributed by atoms with Crippen molar-refractivity contribution >= 4 is 29.5 Å². The normalized spacial score (nSPS) is 18.7. The van der Waals surface area contributed by atoms with Crippen LogP contribution >= 0.6 is 11.6 Å². The highest BCUT2D eigenvalue weighted by molar-refractivity contribution is 6.30. The predicted molar refractivity (Wildman–Crippen MR) is 132 cm³/mol. The first-order chi connectivity index (χ1) is 15.8. The first kappa shape index (κ1) is 27.9. The van der Waals surface area contributed by atoms with E-state index >= 15 is 0 Å². The van der Waals surface area contributed by atoms with Gasteiger partial charge in [-0.05, 0) is 49.8 Å². The Balaban J connectivity index is 2.01. The Morgan fingerprint density at radius 1 is 1.29 bits per heavy atom. The van der Waals surface area contributed by atoms with Gasteiger partial charge in [-0.25, -0.2) is 4.79 Å². The van der Waals surface area contributed by atoms with Crippen LogP contribution in [0.3, 0.4) is 0 Å². The number of carbonyl (C=O) groups is 3. The van der Waals surface area contributed by atoms with Crippen LogP contribution in [0.1, 0.15) is 59.4 Å². The fraction of sp³-hybridized carbons (Fsp3) is 0.640. The van der Waals surface area contributed by atoms with Crippen LogP contribution in [0.4, 0.5) is 4.79 Å². The van der Waals surface area contributed by atoms with E-state index in [1.807, 2.05) is 45.9 Å². The molecule has 3 atom stereocenters. The largest absolute Gasteiger partial charge is 0.449 e. The average molecular weight is 496 g/mol. The molecule has 1 aromatic rings. The smallest absolute Gasteiger partial charge is 0.407 e. The zero-order chi connectivity index (χ0) is 25.5. The van der Waals surface area contributed by atoms with Crippen LogP contribution in [0, 0.1) is 11.8 Å². The van der Waals surface area contributed by atoms with Gasteiger partial charge in [-0.1, -0.05) is 51.4 Å². The second-order valence-electron chi connectivity index (χ2n) is 10.5. The molecule has 2 rings (SSSR count). The van der Waals surface area contributed by atoms with Gasteiger partial charge >= 0.3 is 6.09 Å². The first-order valence-electron chi connectivity index (χ1n) is 11.7. The maximum atomic E-state index is 13.1. The summed E-state index contributed by atoms with van der Waals surface area (Å²) in [5.41, 5.74) is -0.535. The Kier molecular flexibility index (Phi) is 9.76. The highest BCUT2D eigenvalue weighted by Crippen LogP contribution is 2.26. The molecule has 1 aliphatic rings. The molecule has 1 fully saturated rings. The summed E-state index contributed by atoms with van der Waals surface area (Å²) >= 11 is 6.09. The highest BCUT2D eigenvalue weighted by Gasteiger charge is 2.36. The number of aliphatic hydroxyl groups is 1. The van der Waals surface area contributed by atoms with Crippen molar-refractivity contribution in [3.8, 4) is 0 Å². The van der Waals surface area contributed by atoms with Crippen molar-refractivity contribution in [2.75, 3.05) is 19.8 Å². The van der Waals surface area contributed by atoms with Crippen LogP contribution in [-0.4, -0.2) is 54.4 Å². The lowest BCUT2D eigenvalue weighted by molar-refractivity contribution is -0.128. The van der Waals surface area contributed by atoms with Gasteiger partial charge in [0.1, 0.15) is 12.6 Å². The molecule has 4 N–H and O–H groups in total. The molecule has 1 aromatic carbocycles. The lowest BCUT2D eigenvalue weighted by Gasteiger charge is -2.33.